The van der Waals surface area contributed by atoms with Crippen LogP contribution in [-0.4, -0.2) is 89.7 Å². The quantitative estimate of drug-likeness (QED) is 0.243. The molecule has 244 valence electrons. The van der Waals surface area contributed by atoms with E-state index in [1.165, 1.54) is 45.4 Å². The third kappa shape index (κ3) is 7.42. The molecule has 46 heavy (non-hydrogen) atoms. The number of aromatic nitrogens is 4. The van der Waals surface area contributed by atoms with Crippen LogP contribution >= 0.6 is 0 Å². The van der Waals surface area contributed by atoms with Crippen molar-refractivity contribution in [3.63, 3.8) is 0 Å². The Morgan fingerprint density at radius 3 is 2.59 bits per heavy atom. The van der Waals surface area contributed by atoms with E-state index in [-0.39, 0.29) is 5.75 Å². The molecule has 2 aliphatic heterocycles. The summed E-state index contributed by atoms with van der Waals surface area (Å²) in [7, 11) is 3.44. The number of fused-ring (bicyclic) bond motifs is 1. The fraction of sp³-hybridized carbons (Fsp3) is 0.455. The Morgan fingerprint density at radius 1 is 1.00 bits per heavy atom. The number of piperazine rings is 1. The SMILES string of the molecule is COc1ccc(NCc2ccc(C)c(Nc3ncnc4cnc(N5CCN(CC6CCCN(C)C6)CC5)nc34)c2)cc1C(F)(F)F. The summed E-state index contributed by atoms with van der Waals surface area (Å²) in [6.45, 7) is 9.49. The van der Waals surface area contributed by atoms with Gasteiger partial charge in [-0.1, -0.05) is 12.1 Å². The predicted octanol–water partition coefficient (Wildman–Crippen LogP) is 5.58. The minimum Gasteiger partial charge on any atom is -0.496 e. The second-order valence-electron chi connectivity index (χ2n) is 12.2. The summed E-state index contributed by atoms with van der Waals surface area (Å²) >= 11 is 0. The molecule has 13 heteroatoms. The molecular formula is C33H40F3N9O. The number of piperidine rings is 1. The van der Waals surface area contributed by atoms with E-state index >= 15 is 0 Å². The lowest BCUT2D eigenvalue weighted by Gasteiger charge is -2.38. The van der Waals surface area contributed by atoms with Gasteiger partial charge in [-0.3, -0.25) is 4.90 Å². The highest BCUT2D eigenvalue weighted by Crippen LogP contribution is 2.38. The van der Waals surface area contributed by atoms with E-state index in [1.807, 2.05) is 25.1 Å². The maximum atomic E-state index is 13.5. The number of nitrogens with one attached hydrogen (secondary N) is 2. The number of likely N-dealkylation sites (tertiary alicyclic amines) is 1. The molecule has 2 aromatic heterocycles. The predicted molar refractivity (Wildman–Crippen MR) is 174 cm³/mol. The number of anilines is 4. The summed E-state index contributed by atoms with van der Waals surface area (Å²) in [5, 5.41) is 6.51. The average molecular weight is 636 g/mol. The molecule has 6 rings (SSSR count). The second-order valence-corrected chi connectivity index (χ2v) is 12.2. The maximum absolute atomic E-state index is 13.5. The Kier molecular flexibility index (Phi) is 9.41. The van der Waals surface area contributed by atoms with Gasteiger partial charge < -0.3 is 25.2 Å². The van der Waals surface area contributed by atoms with Gasteiger partial charge in [-0.25, -0.2) is 19.9 Å². The number of methoxy groups -OCH3 is 1. The van der Waals surface area contributed by atoms with Crippen LogP contribution in [0.25, 0.3) is 11.0 Å². The molecule has 0 spiro atoms. The number of nitrogens with zero attached hydrogens (tertiary/aromatic N) is 7. The third-order valence-electron chi connectivity index (χ3n) is 8.81. The lowest BCUT2D eigenvalue weighted by Crippen LogP contribution is -2.49. The number of alkyl halides is 3. The molecule has 10 nitrogen and oxygen atoms in total. The van der Waals surface area contributed by atoms with Gasteiger partial charge in [-0.05, 0) is 74.7 Å². The minimum absolute atomic E-state index is 0.214. The monoisotopic (exact) mass is 635 g/mol. The summed E-state index contributed by atoms with van der Waals surface area (Å²) in [5.74, 6) is 1.74. The maximum Gasteiger partial charge on any atom is 0.420 e. The van der Waals surface area contributed by atoms with Crippen molar-refractivity contribution in [1.29, 1.82) is 0 Å². The van der Waals surface area contributed by atoms with Gasteiger partial charge in [0.25, 0.3) is 0 Å². The first-order chi connectivity index (χ1) is 22.2. The number of halogens is 3. The smallest absolute Gasteiger partial charge is 0.420 e. The number of aryl methyl sites for hydroxylation is 1. The minimum atomic E-state index is -4.52. The Morgan fingerprint density at radius 2 is 1.83 bits per heavy atom. The summed E-state index contributed by atoms with van der Waals surface area (Å²) in [4.78, 5) is 25.7. The van der Waals surface area contributed by atoms with Crippen LogP contribution in [-0.2, 0) is 12.7 Å². The van der Waals surface area contributed by atoms with Crippen molar-refractivity contribution in [1.82, 2.24) is 29.7 Å². The highest BCUT2D eigenvalue weighted by molar-refractivity contribution is 5.87. The zero-order chi connectivity index (χ0) is 32.3. The lowest BCUT2D eigenvalue weighted by atomic mass is 9.97. The van der Waals surface area contributed by atoms with Crippen LogP contribution in [0.5, 0.6) is 5.75 Å². The van der Waals surface area contributed by atoms with E-state index in [2.05, 4.69) is 47.3 Å². The highest BCUT2D eigenvalue weighted by Gasteiger charge is 2.34. The molecule has 0 saturated carbocycles. The first kappa shape index (κ1) is 31.7. The van der Waals surface area contributed by atoms with E-state index in [9.17, 15) is 13.2 Å². The summed E-state index contributed by atoms with van der Waals surface area (Å²) in [6.07, 6.45) is 1.29. The summed E-state index contributed by atoms with van der Waals surface area (Å²) < 4.78 is 45.4. The van der Waals surface area contributed by atoms with Crippen molar-refractivity contribution < 1.29 is 17.9 Å². The van der Waals surface area contributed by atoms with Gasteiger partial charge in [0.15, 0.2) is 5.82 Å². The van der Waals surface area contributed by atoms with Gasteiger partial charge >= 0.3 is 6.18 Å². The second kappa shape index (κ2) is 13.6. The normalized spacial score (nSPS) is 18.1. The van der Waals surface area contributed by atoms with Crippen molar-refractivity contribution in [3.8, 4) is 5.75 Å². The largest absolute Gasteiger partial charge is 0.496 e. The van der Waals surface area contributed by atoms with E-state index in [0.29, 0.717) is 35.0 Å². The van der Waals surface area contributed by atoms with E-state index in [4.69, 9.17) is 9.72 Å². The number of ether oxygens (including phenoxy) is 1. The van der Waals surface area contributed by atoms with E-state index in [0.717, 1.165) is 61.5 Å². The standard InChI is InChI=1S/C33H40F3N9O/c1-22-6-7-23(17-37-25-8-9-29(46-3)26(16-25)33(34,35)36)15-27(22)41-31-30-28(39-21-40-31)18-38-32(42-30)45-13-11-44(12-14-45)20-24-5-4-10-43(2)19-24/h6-9,15-16,18,21,24,37H,4-5,10-14,17,19-20H2,1-3H3,(H,39,40,41). The van der Waals surface area contributed by atoms with Crippen molar-refractivity contribution >= 4 is 34.2 Å². The van der Waals surface area contributed by atoms with E-state index < -0.39 is 11.7 Å². The molecule has 2 saturated heterocycles. The molecule has 0 aliphatic carbocycles. The van der Waals surface area contributed by atoms with Crippen molar-refractivity contribution in [2.24, 2.45) is 5.92 Å². The van der Waals surface area contributed by atoms with Crippen LogP contribution in [0.4, 0.5) is 36.3 Å². The summed E-state index contributed by atoms with van der Waals surface area (Å²) in [5.41, 5.74) is 3.46. The van der Waals surface area contributed by atoms with Crippen LogP contribution < -0.4 is 20.3 Å². The lowest BCUT2D eigenvalue weighted by molar-refractivity contribution is -0.138. The van der Waals surface area contributed by atoms with Crippen LogP contribution in [0.15, 0.2) is 48.9 Å². The molecule has 4 heterocycles. The molecule has 1 atom stereocenters. The molecule has 0 bridgehead atoms. The average Bonchev–Trinajstić information content (AvgIpc) is 3.05. The molecule has 2 aromatic carbocycles. The van der Waals surface area contributed by atoms with Gasteiger partial charge in [-0.2, -0.15) is 13.2 Å². The van der Waals surface area contributed by atoms with Crippen molar-refractivity contribution in [2.75, 3.05) is 75.5 Å². The fourth-order valence-electron chi connectivity index (χ4n) is 6.29. The highest BCUT2D eigenvalue weighted by atomic mass is 19.4. The molecule has 0 radical (unpaired) electrons. The molecule has 2 N–H and O–H groups in total. The Hall–Kier alpha value is -4.23. The molecule has 1 unspecified atom stereocenters. The molecular weight excluding hydrogens is 595 g/mol. The first-order valence-corrected chi connectivity index (χ1v) is 15.7. The van der Waals surface area contributed by atoms with Crippen molar-refractivity contribution in [2.45, 2.75) is 32.5 Å². The van der Waals surface area contributed by atoms with Crippen LogP contribution in [0, 0.1) is 12.8 Å². The van der Waals surface area contributed by atoms with Gasteiger partial charge in [0.2, 0.25) is 5.95 Å². The third-order valence-corrected chi connectivity index (χ3v) is 8.81. The number of rotatable bonds is 9. The zero-order valence-electron chi connectivity index (χ0n) is 26.4. The Balaban J connectivity index is 1.14. The molecule has 4 aromatic rings. The van der Waals surface area contributed by atoms with Crippen LogP contribution in [0.3, 0.4) is 0 Å². The number of benzene rings is 2. The van der Waals surface area contributed by atoms with Crippen molar-refractivity contribution in [3.05, 3.63) is 65.6 Å². The Labute approximate surface area is 267 Å². The van der Waals surface area contributed by atoms with Gasteiger partial charge in [-0.15, -0.1) is 0 Å². The first-order valence-electron chi connectivity index (χ1n) is 15.7. The van der Waals surface area contributed by atoms with Crippen LogP contribution in [0.1, 0.15) is 29.5 Å². The Bertz CT molecular complexity index is 1660. The molecule has 0 amide bonds. The van der Waals surface area contributed by atoms with Crippen LogP contribution in [0.2, 0.25) is 0 Å². The molecule has 2 aliphatic rings. The zero-order valence-corrected chi connectivity index (χ0v) is 26.4. The van der Waals surface area contributed by atoms with Gasteiger partial charge in [0.1, 0.15) is 23.1 Å². The van der Waals surface area contributed by atoms with E-state index in [1.54, 1.807) is 12.3 Å². The summed E-state index contributed by atoms with van der Waals surface area (Å²) in [6, 6.07) is 9.80. The number of hydrogen-bond acceptors (Lipinski definition) is 10. The topological polar surface area (TPSA) is 94.6 Å². The van der Waals surface area contributed by atoms with Gasteiger partial charge in [0.05, 0.1) is 18.9 Å². The number of hydrogen-bond donors (Lipinski definition) is 2. The van der Waals surface area contributed by atoms with Gasteiger partial charge in [0, 0.05) is 57.2 Å². The fourth-order valence-corrected chi connectivity index (χ4v) is 6.29. The molecule has 2 fully saturated rings.